The van der Waals surface area contributed by atoms with Crippen molar-refractivity contribution in [3.63, 3.8) is 0 Å². The molecule has 1 rings (SSSR count). The van der Waals surface area contributed by atoms with E-state index in [1.807, 2.05) is 20.1 Å². The van der Waals surface area contributed by atoms with Gasteiger partial charge in [0.05, 0.1) is 11.8 Å². The van der Waals surface area contributed by atoms with Crippen molar-refractivity contribution in [1.29, 1.82) is 0 Å². The predicted octanol–water partition coefficient (Wildman–Crippen LogP) is 1.21. The Kier molecular flexibility index (Phi) is 4.24. The van der Waals surface area contributed by atoms with Crippen LogP contribution in [0.25, 0.3) is 0 Å². The molecule has 0 heterocycles. The summed E-state index contributed by atoms with van der Waals surface area (Å²) in [5, 5.41) is 11.7. The number of carboxylic acid groups (broad SMARTS) is 1. The van der Waals surface area contributed by atoms with Gasteiger partial charge in [0, 0.05) is 6.54 Å². The Morgan fingerprint density at radius 2 is 2.00 bits per heavy atom. The van der Waals surface area contributed by atoms with E-state index in [4.69, 9.17) is 5.11 Å². The predicted molar refractivity (Wildman–Crippen MR) is 64.4 cm³/mol. The van der Waals surface area contributed by atoms with Crippen molar-refractivity contribution in [3.8, 4) is 0 Å². The second-order valence-electron chi connectivity index (χ2n) is 4.75. The van der Waals surface area contributed by atoms with Crippen molar-refractivity contribution >= 4 is 23.6 Å². The van der Waals surface area contributed by atoms with Gasteiger partial charge in [0.15, 0.2) is 0 Å². The van der Waals surface area contributed by atoms with Crippen LogP contribution in [0.5, 0.6) is 0 Å². The van der Waals surface area contributed by atoms with E-state index in [0.717, 1.165) is 12.2 Å². The summed E-state index contributed by atoms with van der Waals surface area (Å²) in [6, 6.07) is 0. The second-order valence-corrected chi connectivity index (χ2v) is 5.74. The maximum absolute atomic E-state index is 11.7. The highest BCUT2D eigenvalue weighted by Crippen LogP contribution is 2.58. The molecule has 0 radical (unpaired) electrons. The molecule has 4 nitrogen and oxygen atoms in total. The Morgan fingerprint density at radius 1 is 1.38 bits per heavy atom. The fourth-order valence-corrected chi connectivity index (χ4v) is 2.56. The smallest absolute Gasteiger partial charge is 0.307 e. The quantitative estimate of drug-likeness (QED) is 0.690. The van der Waals surface area contributed by atoms with Crippen LogP contribution in [-0.2, 0) is 9.59 Å². The lowest BCUT2D eigenvalue weighted by molar-refractivity contribution is -0.140. The van der Waals surface area contributed by atoms with Gasteiger partial charge in [-0.2, -0.15) is 11.8 Å². The molecule has 0 aromatic rings. The van der Waals surface area contributed by atoms with Gasteiger partial charge in [-0.3, -0.25) is 9.59 Å². The maximum atomic E-state index is 11.7. The lowest BCUT2D eigenvalue weighted by Crippen LogP contribution is -2.28. The van der Waals surface area contributed by atoms with Crippen LogP contribution >= 0.6 is 11.8 Å². The van der Waals surface area contributed by atoms with Gasteiger partial charge in [-0.05, 0) is 23.8 Å². The summed E-state index contributed by atoms with van der Waals surface area (Å²) in [5.41, 5.74) is -0.393. The fraction of sp³-hybridized carbons (Fsp3) is 0.818. The Morgan fingerprint density at radius 3 is 2.44 bits per heavy atom. The van der Waals surface area contributed by atoms with Gasteiger partial charge in [-0.15, -0.1) is 0 Å². The zero-order valence-electron chi connectivity index (χ0n) is 9.95. The standard InChI is InChI=1S/C11H19NO3S/c1-11(2)7(8(11)10(14)15)9(13)12-5-4-6-16-3/h7-8H,4-6H2,1-3H3,(H,12,13)(H,14,15)/t7-,8+/m0/s1. The van der Waals surface area contributed by atoms with E-state index in [9.17, 15) is 9.59 Å². The fourth-order valence-electron chi connectivity index (χ4n) is 2.13. The summed E-state index contributed by atoms with van der Waals surface area (Å²) in [4.78, 5) is 22.6. The third kappa shape index (κ3) is 2.70. The third-order valence-electron chi connectivity index (χ3n) is 3.20. The first kappa shape index (κ1) is 13.4. The number of carboxylic acids is 1. The highest BCUT2D eigenvalue weighted by Gasteiger charge is 2.65. The van der Waals surface area contributed by atoms with E-state index in [-0.39, 0.29) is 11.8 Å². The number of carbonyl (C=O) groups excluding carboxylic acids is 1. The van der Waals surface area contributed by atoms with E-state index in [0.29, 0.717) is 6.54 Å². The molecule has 0 spiro atoms. The van der Waals surface area contributed by atoms with Gasteiger partial charge in [0.25, 0.3) is 0 Å². The molecule has 2 atom stereocenters. The third-order valence-corrected chi connectivity index (χ3v) is 3.90. The molecule has 1 aliphatic carbocycles. The molecule has 0 bridgehead atoms. The van der Waals surface area contributed by atoms with Crippen LogP contribution in [-0.4, -0.2) is 35.5 Å². The number of amides is 1. The van der Waals surface area contributed by atoms with Crippen molar-refractivity contribution in [2.75, 3.05) is 18.6 Å². The number of carbonyl (C=O) groups is 2. The number of nitrogens with one attached hydrogen (secondary N) is 1. The molecule has 1 saturated carbocycles. The van der Waals surface area contributed by atoms with Crippen LogP contribution in [0.2, 0.25) is 0 Å². The number of thioether (sulfide) groups is 1. The van der Waals surface area contributed by atoms with Gasteiger partial charge in [0.2, 0.25) is 5.91 Å². The highest BCUT2D eigenvalue weighted by molar-refractivity contribution is 7.98. The molecule has 1 fully saturated rings. The van der Waals surface area contributed by atoms with Crippen LogP contribution < -0.4 is 5.32 Å². The van der Waals surface area contributed by atoms with Crippen molar-refractivity contribution in [2.45, 2.75) is 20.3 Å². The number of aliphatic carboxylic acids is 1. The van der Waals surface area contributed by atoms with Gasteiger partial charge in [-0.25, -0.2) is 0 Å². The largest absolute Gasteiger partial charge is 0.481 e. The molecule has 2 N–H and O–H groups in total. The zero-order chi connectivity index (χ0) is 12.3. The van der Waals surface area contributed by atoms with Crippen LogP contribution in [0, 0.1) is 17.3 Å². The molecule has 0 aromatic heterocycles. The SMILES string of the molecule is CSCCCNC(=O)[C@@H]1[C@H](C(=O)O)C1(C)C. The minimum Gasteiger partial charge on any atom is -0.481 e. The topological polar surface area (TPSA) is 66.4 Å². The molecule has 0 saturated heterocycles. The Balaban J connectivity index is 2.36. The molecule has 0 aliphatic heterocycles. The van der Waals surface area contributed by atoms with Crippen LogP contribution in [0.1, 0.15) is 20.3 Å². The van der Waals surface area contributed by atoms with Gasteiger partial charge < -0.3 is 10.4 Å². The van der Waals surface area contributed by atoms with E-state index in [1.54, 1.807) is 11.8 Å². The van der Waals surface area contributed by atoms with Gasteiger partial charge in [-0.1, -0.05) is 13.8 Å². The van der Waals surface area contributed by atoms with Crippen molar-refractivity contribution in [1.82, 2.24) is 5.32 Å². The van der Waals surface area contributed by atoms with E-state index in [1.165, 1.54) is 0 Å². The molecule has 0 aromatic carbocycles. The number of hydrogen-bond acceptors (Lipinski definition) is 3. The second kappa shape index (κ2) is 5.08. The van der Waals surface area contributed by atoms with E-state index >= 15 is 0 Å². The summed E-state index contributed by atoms with van der Waals surface area (Å²) < 4.78 is 0. The van der Waals surface area contributed by atoms with E-state index in [2.05, 4.69) is 5.32 Å². The molecule has 92 valence electrons. The number of rotatable bonds is 6. The number of hydrogen-bond donors (Lipinski definition) is 2. The first-order chi connectivity index (χ1) is 7.42. The minimum absolute atomic E-state index is 0.112. The summed E-state index contributed by atoms with van der Waals surface area (Å²) in [7, 11) is 0. The average Bonchev–Trinajstić information content (AvgIpc) is 2.76. The molecular formula is C11H19NO3S. The minimum atomic E-state index is -0.866. The lowest BCUT2D eigenvalue weighted by Gasteiger charge is -2.05. The van der Waals surface area contributed by atoms with Crippen LogP contribution in [0.15, 0.2) is 0 Å². The summed E-state index contributed by atoms with van der Waals surface area (Å²) in [5.74, 6) is -0.850. The van der Waals surface area contributed by atoms with Crippen LogP contribution in [0.3, 0.4) is 0 Å². The van der Waals surface area contributed by atoms with Crippen LogP contribution in [0.4, 0.5) is 0 Å². The lowest BCUT2D eigenvalue weighted by atomic mass is 10.1. The molecule has 1 amide bonds. The normalized spacial score (nSPS) is 26.2. The van der Waals surface area contributed by atoms with Crippen molar-refractivity contribution in [2.24, 2.45) is 17.3 Å². The monoisotopic (exact) mass is 245 g/mol. The maximum Gasteiger partial charge on any atom is 0.307 e. The Labute approximate surface area is 100 Å². The van der Waals surface area contributed by atoms with E-state index < -0.39 is 17.3 Å². The van der Waals surface area contributed by atoms with Gasteiger partial charge in [0.1, 0.15) is 0 Å². The average molecular weight is 245 g/mol. The molecular weight excluding hydrogens is 226 g/mol. The van der Waals surface area contributed by atoms with Crippen molar-refractivity contribution < 1.29 is 14.7 Å². The summed E-state index contributed by atoms with van der Waals surface area (Å²) >= 11 is 1.74. The summed E-state index contributed by atoms with van der Waals surface area (Å²) in [6.45, 7) is 4.30. The molecule has 5 heteroatoms. The molecule has 1 aliphatic rings. The Bertz CT molecular complexity index is 291. The van der Waals surface area contributed by atoms with Gasteiger partial charge >= 0.3 is 5.97 Å². The summed E-state index contributed by atoms with van der Waals surface area (Å²) in [6.07, 6.45) is 2.95. The molecule has 16 heavy (non-hydrogen) atoms. The highest BCUT2D eigenvalue weighted by atomic mass is 32.2. The Hall–Kier alpha value is -0.710. The first-order valence-corrected chi connectivity index (χ1v) is 6.81. The first-order valence-electron chi connectivity index (χ1n) is 5.42. The zero-order valence-corrected chi connectivity index (χ0v) is 10.8. The molecule has 0 unspecified atom stereocenters. The van der Waals surface area contributed by atoms with Crippen molar-refractivity contribution in [3.05, 3.63) is 0 Å².